The van der Waals surface area contributed by atoms with Gasteiger partial charge in [0.25, 0.3) is 5.91 Å². The number of carbonyl (C=O) groups is 1. The molecule has 0 aromatic heterocycles. The molecule has 0 saturated carbocycles. The maximum atomic E-state index is 12.2. The lowest BCUT2D eigenvalue weighted by atomic mass is 10.0. The van der Waals surface area contributed by atoms with E-state index in [-0.39, 0.29) is 17.7 Å². The van der Waals surface area contributed by atoms with Gasteiger partial charge in [-0.1, -0.05) is 11.6 Å². The van der Waals surface area contributed by atoms with Gasteiger partial charge >= 0.3 is 0 Å². The first kappa shape index (κ1) is 14.4. The van der Waals surface area contributed by atoms with Crippen LogP contribution < -0.4 is 5.32 Å². The predicted molar refractivity (Wildman–Crippen MR) is 75.4 cm³/mol. The molecule has 5 nitrogen and oxygen atoms in total. The lowest BCUT2D eigenvalue weighted by Crippen LogP contribution is -2.44. The summed E-state index contributed by atoms with van der Waals surface area (Å²) in [5.41, 5.74) is 1.27. The standard InChI is InChI=1S/C15H19N3O2/c1-11-2-3-14(19)13(10-11)15(20)17-12-4-7-18(8-5-12)9-6-16/h2-3,10,12,19H,4-5,7-9H2,1H3,(H,17,20). The monoisotopic (exact) mass is 273 g/mol. The molecule has 1 saturated heterocycles. The van der Waals surface area contributed by atoms with Crippen LogP contribution in [-0.2, 0) is 0 Å². The van der Waals surface area contributed by atoms with Gasteiger partial charge in [0.1, 0.15) is 5.75 Å². The lowest BCUT2D eigenvalue weighted by Gasteiger charge is -2.30. The number of phenolic OH excluding ortho intramolecular Hbond substituents is 1. The Kier molecular flexibility index (Phi) is 4.59. The van der Waals surface area contributed by atoms with Crippen molar-refractivity contribution in [2.75, 3.05) is 19.6 Å². The van der Waals surface area contributed by atoms with Crippen LogP contribution in [0.15, 0.2) is 18.2 Å². The number of piperidine rings is 1. The average Bonchev–Trinajstić information content (AvgIpc) is 2.44. The molecule has 0 bridgehead atoms. The third kappa shape index (κ3) is 3.49. The molecule has 2 N–H and O–H groups in total. The molecule has 0 radical (unpaired) electrons. The normalized spacial score (nSPS) is 16.6. The van der Waals surface area contributed by atoms with Crippen LogP contribution in [0.25, 0.3) is 0 Å². The van der Waals surface area contributed by atoms with Crippen LogP contribution in [0.2, 0.25) is 0 Å². The van der Waals surface area contributed by atoms with Crippen molar-refractivity contribution in [2.24, 2.45) is 0 Å². The van der Waals surface area contributed by atoms with Crippen molar-refractivity contribution in [3.05, 3.63) is 29.3 Å². The van der Waals surface area contributed by atoms with Gasteiger partial charge in [0, 0.05) is 19.1 Å². The Hall–Kier alpha value is -2.06. The van der Waals surface area contributed by atoms with E-state index in [2.05, 4.69) is 16.3 Å². The largest absolute Gasteiger partial charge is 0.507 e. The highest BCUT2D eigenvalue weighted by atomic mass is 16.3. The second kappa shape index (κ2) is 6.40. The number of nitrogens with one attached hydrogen (secondary N) is 1. The molecule has 1 aliphatic heterocycles. The van der Waals surface area contributed by atoms with Crippen molar-refractivity contribution in [3.8, 4) is 11.8 Å². The lowest BCUT2D eigenvalue weighted by molar-refractivity contribution is 0.0911. The van der Waals surface area contributed by atoms with Gasteiger partial charge in [-0.3, -0.25) is 9.69 Å². The molecule has 0 aliphatic carbocycles. The van der Waals surface area contributed by atoms with Crippen LogP contribution in [-0.4, -0.2) is 41.6 Å². The Morgan fingerprint density at radius 1 is 1.50 bits per heavy atom. The van der Waals surface area contributed by atoms with Crippen molar-refractivity contribution in [1.82, 2.24) is 10.2 Å². The summed E-state index contributed by atoms with van der Waals surface area (Å²) in [5.74, 6) is -0.222. The van der Waals surface area contributed by atoms with Gasteiger partial charge in [-0.2, -0.15) is 5.26 Å². The summed E-state index contributed by atoms with van der Waals surface area (Å²) in [6, 6.07) is 7.25. The fourth-order valence-corrected chi connectivity index (χ4v) is 2.43. The van der Waals surface area contributed by atoms with Crippen LogP contribution in [0.1, 0.15) is 28.8 Å². The minimum absolute atomic E-state index is 0.00927. The van der Waals surface area contributed by atoms with E-state index in [0.717, 1.165) is 31.5 Å². The van der Waals surface area contributed by atoms with Gasteiger partial charge in [-0.15, -0.1) is 0 Å². The van der Waals surface area contributed by atoms with Crippen LogP contribution in [0.5, 0.6) is 5.75 Å². The van der Waals surface area contributed by atoms with E-state index >= 15 is 0 Å². The quantitative estimate of drug-likeness (QED) is 0.817. The summed E-state index contributed by atoms with van der Waals surface area (Å²) in [6.45, 7) is 3.96. The first-order valence-electron chi connectivity index (χ1n) is 6.80. The van der Waals surface area contributed by atoms with Crippen LogP contribution in [0.4, 0.5) is 0 Å². The van der Waals surface area contributed by atoms with E-state index in [1.807, 2.05) is 6.92 Å². The fraction of sp³-hybridized carbons (Fsp3) is 0.467. The van der Waals surface area contributed by atoms with Crippen molar-refractivity contribution in [1.29, 1.82) is 5.26 Å². The molecule has 1 aliphatic rings. The minimum Gasteiger partial charge on any atom is -0.507 e. The molecular formula is C15H19N3O2. The van der Waals surface area contributed by atoms with Gasteiger partial charge in [0.2, 0.25) is 0 Å². The number of hydrogen-bond acceptors (Lipinski definition) is 4. The highest BCUT2D eigenvalue weighted by molar-refractivity contribution is 5.97. The Labute approximate surface area is 118 Å². The number of aryl methyl sites for hydroxylation is 1. The van der Waals surface area contributed by atoms with E-state index in [4.69, 9.17) is 5.26 Å². The number of nitrogens with zero attached hydrogens (tertiary/aromatic N) is 2. The van der Waals surface area contributed by atoms with Gasteiger partial charge in [-0.25, -0.2) is 0 Å². The minimum atomic E-state index is -0.232. The number of aromatic hydroxyl groups is 1. The molecular weight excluding hydrogens is 254 g/mol. The second-order valence-corrected chi connectivity index (χ2v) is 5.20. The van der Waals surface area contributed by atoms with E-state index in [0.29, 0.717) is 12.1 Å². The molecule has 20 heavy (non-hydrogen) atoms. The first-order valence-corrected chi connectivity index (χ1v) is 6.80. The number of carbonyl (C=O) groups excluding carboxylic acids is 1. The topological polar surface area (TPSA) is 76.4 Å². The third-order valence-electron chi connectivity index (χ3n) is 3.61. The highest BCUT2D eigenvalue weighted by Crippen LogP contribution is 2.19. The fourth-order valence-electron chi connectivity index (χ4n) is 2.43. The van der Waals surface area contributed by atoms with Crippen LogP contribution >= 0.6 is 0 Å². The van der Waals surface area contributed by atoms with Crippen molar-refractivity contribution < 1.29 is 9.90 Å². The summed E-state index contributed by atoms with van der Waals surface area (Å²) in [7, 11) is 0. The summed E-state index contributed by atoms with van der Waals surface area (Å²) >= 11 is 0. The van der Waals surface area contributed by atoms with Gasteiger partial charge in [0.15, 0.2) is 0 Å². The zero-order valence-electron chi connectivity index (χ0n) is 11.6. The Bertz CT molecular complexity index is 528. The molecule has 5 heteroatoms. The number of likely N-dealkylation sites (tertiary alicyclic amines) is 1. The van der Waals surface area contributed by atoms with Crippen LogP contribution in [0.3, 0.4) is 0 Å². The molecule has 0 spiro atoms. The number of nitriles is 1. The number of benzene rings is 1. The molecule has 106 valence electrons. The second-order valence-electron chi connectivity index (χ2n) is 5.20. The molecule has 1 amide bonds. The Balaban J connectivity index is 1.93. The summed E-state index contributed by atoms with van der Waals surface area (Å²) in [4.78, 5) is 14.2. The van der Waals surface area contributed by atoms with Gasteiger partial charge in [-0.05, 0) is 31.9 Å². The van der Waals surface area contributed by atoms with Crippen LogP contribution in [0, 0.1) is 18.3 Å². The predicted octanol–water partition coefficient (Wildman–Crippen LogP) is 1.42. The summed E-state index contributed by atoms with van der Waals surface area (Å²) in [5, 5.41) is 21.3. The molecule has 0 atom stereocenters. The van der Waals surface area contributed by atoms with E-state index < -0.39 is 0 Å². The Morgan fingerprint density at radius 3 is 2.85 bits per heavy atom. The number of rotatable bonds is 3. The maximum absolute atomic E-state index is 12.2. The summed E-state index contributed by atoms with van der Waals surface area (Å²) < 4.78 is 0. The molecule has 1 heterocycles. The Morgan fingerprint density at radius 2 is 2.20 bits per heavy atom. The third-order valence-corrected chi connectivity index (χ3v) is 3.61. The summed E-state index contributed by atoms with van der Waals surface area (Å²) in [6.07, 6.45) is 1.67. The number of amides is 1. The molecule has 1 fully saturated rings. The zero-order valence-corrected chi connectivity index (χ0v) is 11.6. The first-order chi connectivity index (χ1) is 9.60. The average molecular weight is 273 g/mol. The maximum Gasteiger partial charge on any atom is 0.255 e. The zero-order chi connectivity index (χ0) is 14.5. The van der Waals surface area contributed by atoms with Gasteiger partial charge < -0.3 is 10.4 Å². The number of phenols is 1. The van der Waals surface area contributed by atoms with Crippen molar-refractivity contribution in [3.63, 3.8) is 0 Å². The number of hydrogen-bond donors (Lipinski definition) is 2. The van der Waals surface area contributed by atoms with E-state index in [9.17, 15) is 9.90 Å². The SMILES string of the molecule is Cc1ccc(O)c(C(=O)NC2CCN(CC#N)CC2)c1. The van der Waals surface area contributed by atoms with Gasteiger partial charge in [0.05, 0.1) is 18.2 Å². The molecule has 1 aromatic rings. The highest BCUT2D eigenvalue weighted by Gasteiger charge is 2.21. The van der Waals surface area contributed by atoms with Crippen molar-refractivity contribution in [2.45, 2.75) is 25.8 Å². The van der Waals surface area contributed by atoms with Crippen molar-refractivity contribution >= 4 is 5.91 Å². The smallest absolute Gasteiger partial charge is 0.255 e. The molecule has 2 rings (SSSR count). The van der Waals surface area contributed by atoms with E-state index in [1.165, 1.54) is 0 Å². The molecule has 0 unspecified atom stereocenters. The molecule has 1 aromatic carbocycles. The van der Waals surface area contributed by atoms with E-state index in [1.54, 1.807) is 18.2 Å².